The molecule has 0 saturated heterocycles. The van der Waals surface area contributed by atoms with Crippen LogP contribution in [0.5, 0.6) is 0 Å². The molecule has 9 heteroatoms. The van der Waals surface area contributed by atoms with Crippen LogP contribution in [0.25, 0.3) is 0 Å². The Bertz CT molecular complexity index is 823. The summed E-state index contributed by atoms with van der Waals surface area (Å²) in [5.41, 5.74) is 0.979. The summed E-state index contributed by atoms with van der Waals surface area (Å²) < 4.78 is 0. The van der Waals surface area contributed by atoms with Crippen LogP contribution in [-0.2, 0) is 4.79 Å². The second kappa shape index (κ2) is 7.75. The number of non-ortho nitro benzene ring substituents is 2. The predicted molar refractivity (Wildman–Crippen MR) is 94.9 cm³/mol. The number of carbonyl (C=O) groups excluding carboxylic acids is 1. The van der Waals surface area contributed by atoms with Crippen LogP contribution >= 0.6 is 11.8 Å². The van der Waals surface area contributed by atoms with Gasteiger partial charge in [0.2, 0.25) is 5.91 Å². The fourth-order valence-electron chi connectivity index (χ4n) is 2.00. The highest BCUT2D eigenvalue weighted by atomic mass is 32.2. The lowest BCUT2D eigenvalue weighted by Gasteiger charge is -2.13. The first-order valence-electron chi connectivity index (χ1n) is 7.25. The van der Waals surface area contributed by atoms with Gasteiger partial charge >= 0.3 is 0 Å². The van der Waals surface area contributed by atoms with Crippen molar-refractivity contribution in [2.75, 3.05) is 5.32 Å². The molecule has 0 radical (unpaired) electrons. The van der Waals surface area contributed by atoms with Crippen molar-refractivity contribution in [3.63, 3.8) is 0 Å². The van der Waals surface area contributed by atoms with Crippen LogP contribution in [0.2, 0.25) is 0 Å². The largest absolute Gasteiger partial charge is 0.325 e. The SMILES string of the molecule is Cc1ccc([N+](=O)[O-])cc1NC(=O)C(C)Sc1ccc([N+](=O)[O-])cc1. The van der Waals surface area contributed by atoms with E-state index in [-0.39, 0.29) is 17.3 Å². The fourth-order valence-corrected chi connectivity index (χ4v) is 2.86. The molecule has 0 spiro atoms. The third kappa shape index (κ3) is 4.77. The zero-order chi connectivity index (χ0) is 18.6. The Morgan fingerprint density at radius 1 is 1.04 bits per heavy atom. The molecule has 0 aromatic heterocycles. The van der Waals surface area contributed by atoms with Crippen LogP contribution in [0.4, 0.5) is 17.1 Å². The van der Waals surface area contributed by atoms with Gasteiger partial charge in [-0.3, -0.25) is 25.0 Å². The molecule has 130 valence electrons. The van der Waals surface area contributed by atoms with Crippen molar-refractivity contribution >= 4 is 34.7 Å². The van der Waals surface area contributed by atoms with Crippen LogP contribution in [0.15, 0.2) is 47.4 Å². The van der Waals surface area contributed by atoms with E-state index in [1.165, 1.54) is 36.0 Å². The molecule has 1 N–H and O–H groups in total. The van der Waals surface area contributed by atoms with Gasteiger partial charge in [0.25, 0.3) is 11.4 Å². The van der Waals surface area contributed by atoms with Gasteiger partial charge in [-0.1, -0.05) is 6.07 Å². The van der Waals surface area contributed by atoms with Gasteiger partial charge in [0.05, 0.1) is 20.8 Å². The van der Waals surface area contributed by atoms with Gasteiger partial charge in [0.1, 0.15) is 0 Å². The van der Waals surface area contributed by atoms with Crippen molar-refractivity contribution in [2.45, 2.75) is 24.0 Å². The summed E-state index contributed by atoms with van der Waals surface area (Å²) in [6.45, 7) is 3.43. The average molecular weight is 361 g/mol. The first kappa shape index (κ1) is 18.4. The molecule has 0 aliphatic carbocycles. The second-order valence-corrected chi connectivity index (χ2v) is 6.67. The van der Waals surface area contributed by atoms with Crippen LogP contribution in [0.1, 0.15) is 12.5 Å². The molecule has 0 bridgehead atoms. The summed E-state index contributed by atoms with van der Waals surface area (Å²) in [5.74, 6) is -0.313. The van der Waals surface area contributed by atoms with E-state index in [0.717, 1.165) is 0 Å². The Labute approximate surface area is 147 Å². The Morgan fingerprint density at radius 3 is 2.16 bits per heavy atom. The maximum absolute atomic E-state index is 12.3. The number of rotatable bonds is 6. The summed E-state index contributed by atoms with van der Waals surface area (Å²) in [5, 5.41) is 23.7. The molecule has 0 aliphatic rings. The van der Waals surface area contributed by atoms with Crippen molar-refractivity contribution in [1.82, 2.24) is 0 Å². The molecule has 0 aliphatic heterocycles. The van der Waals surface area contributed by atoms with Crippen molar-refractivity contribution in [3.8, 4) is 0 Å². The number of nitrogens with zero attached hydrogens (tertiary/aromatic N) is 2. The van der Waals surface area contributed by atoms with Gasteiger partial charge in [-0.25, -0.2) is 0 Å². The number of aryl methyl sites for hydroxylation is 1. The van der Waals surface area contributed by atoms with Gasteiger partial charge in [0, 0.05) is 29.2 Å². The number of nitro groups is 2. The first-order chi connectivity index (χ1) is 11.8. The van der Waals surface area contributed by atoms with E-state index in [2.05, 4.69) is 5.32 Å². The maximum Gasteiger partial charge on any atom is 0.271 e. The first-order valence-corrected chi connectivity index (χ1v) is 8.13. The number of anilines is 1. The molecule has 2 aromatic rings. The quantitative estimate of drug-likeness (QED) is 0.473. The van der Waals surface area contributed by atoms with E-state index in [1.54, 1.807) is 32.0 Å². The highest BCUT2D eigenvalue weighted by Gasteiger charge is 2.17. The molecular weight excluding hydrogens is 346 g/mol. The molecule has 0 saturated carbocycles. The summed E-state index contributed by atoms with van der Waals surface area (Å²) in [7, 11) is 0. The van der Waals surface area contributed by atoms with Crippen molar-refractivity contribution in [3.05, 3.63) is 68.3 Å². The minimum Gasteiger partial charge on any atom is -0.325 e. The highest BCUT2D eigenvalue weighted by Crippen LogP contribution is 2.27. The third-order valence-electron chi connectivity index (χ3n) is 3.42. The Kier molecular flexibility index (Phi) is 5.71. The molecular formula is C16H15N3O5S. The van der Waals surface area contributed by atoms with Gasteiger partial charge < -0.3 is 5.32 Å². The number of nitro benzene ring substituents is 2. The van der Waals surface area contributed by atoms with E-state index >= 15 is 0 Å². The summed E-state index contributed by atoms with van der Waals surface area (Å²) in [6.07, 6.45) is 0. The Hall–Kier alpha value is -2.94. The van der Waals surface area contributed by atoms with Crippen molar-refractivity contribution < 1.29 is 14.6 Å². The van der Waals surface area contributed by atoms with E-state index in [0.29, 0.717) is 16.1 Å². The molecule has 1 unspecified atom stereocenters. The Balaban J connectivity index is 2.06. The topological polar surface area (TPSA) is 115 Å². The number of amides is 1. The molecule has 25 heavy (non-hydrogen) atoms. The van der Waals surface area contributed by atoms with E-state index in [9.17, 15) is 25.0 Å². The van der Waals surface area contributed by atoms with Crippen LogP contribution in [0, 0.1) is 27.2 Å². The van der Waals surface area contributed by atoms with E-state index in [1.807, 2.05) is 0 Å². The normalized spacial score (nSPS) is 11.6. The molecule has 2 aromatic carbocycles. The molecule has 1 amide bonds. The van der Waals surface area contributed by atoms with Crippen molar-refractivity contribution in [2.24, 2.45) is 0 Å². The van der Waals surface area contributed by atoms with Gasteiger partial charge in [-0.2, -0.15) is 0 Å². The van der Waals surface area contributed by atoms with Gasteiger partial charge in [-0.15, -0.1) is 11.8 Å². The lowest BCUT2D eigenvalue weighted by Crippen LogP contribution is -2.22. The summed E-state index contributed by atoms with van der Waals surface area (Å²) in [6, 6.07) is 10.2. The number of hydrogen-bond acceptors (Lipinski definition) is 6. The van der Waals surface area contributed by atoms with Gasteiger partial charge in [-0.05, 0) is 31.5 Å². The molecule has 1 atom stereocenters. The minimum absolute atomic E-state index is 0.0197. The molecule has 8 nitrogen and oxygen atoms in total. The lowest BCUT2D eigenvalue weighted by atomic mass is 10.2. The number of hydrogen-bond donors (Lipinski definition) is 1. The van der Waals surface area contributed by atoms with Crippen molar-refractivity contribution in [1.29, 1.82) is 0 Å². The lowest BCUT2D eigenvalue weighted by molar-refractivity contribution is -0.385. The third-order valence-corrected chi connectivity index (χ3v) is 4.53. The van der Waals surface area contributed by atoms with Crippen LogP contribution in [-0.4, -0.2) is 21.0 Å². The fraction of sp³-hybridized carbons (Fsp3) is 0.188. The zero-order valence-corrected chi connectivity index (χ0v) is 14.3. The number of benzene rings is 2. The second-order valence-electron chi connectivity index (χ2n) is 5.26. The highest BCUT2D eigenvalue weighted by molar-refractivity contribution is 8.00. The van der Waals surface area contributed by atoms with E-state index in [4.69, 9.17) is 0 Å². The molecule has 0 heterocycles. The summed E-state index contributed by atoms with van der Waals surface area (Å²) in [4.78, 5) is 33.5. The number of thioether (sulfide) groups is 1. The zero-order valence-electron chi connectivity index (χ0n) is 13.5. The maximum atomic E-state index is 12.3. The molecule has 2 rings (SSSR count). The van der Waals surface area contributed by atoms with Crippen LogP contribution < -0.4 is 5.32 Å². The summed E-state index contributed by atoms with van der Waals surface area (Å²) >= 11 is 1.24. The molecule has 0 fully saturated rings. The monoisotopic (exact) mass is 361 g/mol. The minimum atomic E-state index is -0.524. The standard InChI is InChI=1S/C16H15N3O5S/c1-10-3-4-13(19(23)24)9-15(10)17-16(20)11(2)25-14-7-5-12(6-8-14)18(21)22/h3-9,11H,1-2H3,(H,17,20). The van der Waals surface area contributed by atoms with Gasteiger partial charge in [0.15, 0.2) is 0 Å². The number of carbonyl (C=O) groups is 1. The average Bonchev–Trinajstić information content (AvgIpc) is 2.57. The Morgan fingerprint density at radius 2 is 1.60 bits per heavy atom. The van der Waals surface area contributed by atoms with Crippen LogP contribution in [0.3, 0.4) is 0 Å². The predicted octanol–water partition coefficient (Wildman–Crippen LogP) is 3.93. The number of nitrogens with one attached hydrogen (secondary N) is 1. The smallest absolute Gasteiger partial charge is 0.271 e. The van der Waals surface area contributed by atoms with E-state index < -0.39 is 15.1 Å².